The number of carboxylic acids is 1. The van der Waals surface area contributed by atoms with Gasteiger partial charge in [-0.05, 0) is 38.1 Å². The Bertz CT molecular complexity index is 941. The Morgan fingerprint density at radius 1 is 1.29 bits per heavy atom. The maximum Gasteiger partial charge on any atom is 0.490 e. The summed E-state index contributed by atoms with van der Waals surface area (Å²) < 4.78 is 45.8. The summed E-state index contributed by atoms with van der Waals surface area (Å²) in [4.78, 5) is 19.1. The fourth-order valence-electron chi connectivity index (χ4n) is 3.18. The van der Waals surface area contributed by atoms with Crippen LogP contribution >= 0.6 is 22.9 Å². The van der Waals surface area contributed by atoms with Gasteiger partial charge in [0, 0.05) is 23.3 Å². The van der Waals surface area contributed by atoms with E-state index in [4.69, 9.17) is 31.3 Å². The van der Waals surface area contributed by atoms with Crippen molar-refractivity contribution in [2.24, 2.45) is 5.16 Å². The topological polar surface area (TPSA) is 83.8 Å². The van der Waals surface area contributed by atoms with E-state index in [1.54, 1.807) is 23.5 Å². The molecule has 1 aromatic carbocycles. The second-order valence-electron chi connectivity index (χ2n) is 6.87. The Kier molecular flexibility index (Phi) is 7.50. The minimum absolute atomic E-state index is 0.363. The molecule has 1 fully saturated rings. The van der Waals surface area contributed by atoms with Gasteiger partial charge in [0.2, 0.25) is 0 Å². The third-order valence-electron chi connectivity index (χ3n) is 4.74. The molecule has 1 atom stereocenters. The first-order chi connectivity index (χ1) is 14.7. The smallest absolute Gasteiger partial charge is 0.475 e. The second kappa shape index (κ2) is 9.92. The number of thiazole rings is 1. The van der Waals surface area contributed by atoms with E-state index in [0.717, 1.165) is 42.3 Å². The van der Waals surface area contributed by atoms with Crippen LogP contribution in [-0.4, -0.2) is 41.0 Å². The Morgan fingerprint density at radius 2 is 1.97 bits per heavy atom. The lowest BCUT2D eigenvalue weighted by molar-refractivity contribution is -0.192. The number of carbonyl (C=O) groups is 1. The van der Waals surface area contributed by atoms with Crippen LogP contribution in [0, 0.1) is 5.82 Å². The number of carboxylic acid groups (broad SMARTS) is 1. The van der Waals surface area contributed by atoms with Gasteiger partial charge in [0.05, 0.1) is 15.7 Å². The van der Waals surface area contributed by atoms with Crippen LogP contribution in [-0.2, 0) is 9.63 Å². The Morgan fingerprint density at radius 3 is 2.58 bits per heavy atom. The van der Waals surface area contributed by atoms with Crippen LogP contribution in [0.2, 0.25) is 5.02 Å². The van der Waals surface area contributed by atoms with Gasteiger partial charge in [-0.15, -0.1) is 11.3 Å². The van der Waals surface area contributed by atoms with Crippen LogP contribution in [0.15, 0.2) is 28.7 Å². The molecule has 2 aliphatic rings. The van der Waals surface area contributed by atoms with Crippen molar-refractivity contribution in [1.82, 2.24) is 10.3 Å². The van der Waals surface area contributed by atoms with Gasteiger partial charge in [0.15, 0.2) is 6.10 Å². The molecule has 31 heavy (non-hydrogen) atoms. The van der Waals surface area contributed by atoms with E-state index in [-0.39, 0.29) is 5.82 Å². The lowest BCUT2D eigenvalue weighted by Gasteiger charge is -2.20. The molecule has 2 aromatic rings. The monoisotopic (exact) mass is 479 g/mol. The van der Waals surface area contributed by atoms with E-state index >= 15 is 0 Å². The van der Waals surface area contributed by atoms with E-state index in [9.17, 15) is 17.6 Å². The summed E-state index contributed by atoms with van der Waals surface area (Å²) in [5.74, 6) is -2.60. The van der Waals surface area contributed by atoms with E-state index in [1.807, 2.05) is 5.38 Å². The molecule has 168 valence electrons. The van der Waals surface area contributed by atoms with Gasteiger partial charge in [-0.25, -0.2) is 14.2 Å². The number of rotatable bonds is 3. The predicted molar refractivity (Wildman–Crippen MR) is 107 cm³/mol. The molecule has 0 spiro atoms. The van der Waals surface area contributed by atoms with E-state index < -0.39 is 18.2 Å². The molecule has 2 N–H and O–H groups in total. The molecule has 2 aliphatic heterocycles. The molecular formula is C19H18ClF4N3O3S. The van der Waals surface area contributed by atoms with Gasteiger partial charge in [-0.3, -0.25) is 0 Å². The van der Waals surface area contributed by atoms with Crippen molar-refractivity contribution in [3.8, 4) is 0 Å². The maximum atomic E-state index is 14.0. The quantitative estimate of drug-likeness (QED) is 0.612. The molecule has 1 saturated heterocycles. The number of aromatic nitrogens is 1. The number of alkyl halides is 3. The third-order valence-corrected chi connectivity index (χ3v) is 6.08. The third kappa shape index (κ3) is 5.92. The maximum absolute atomic E-state index is 14.0. The van der Waals surface area contributed by atoms with Crippen molar-refractivity contribution < 1.29 is 32.3 Å². The number of piperidine rings is 1. The number of hydrogen-bond donors (Lipinski definition) is 2. The fraction of sp³-hybridized carbons (Fsp3) is 0.421. The van der Waals surface area contributed by atoms with Gasteiger partial charge < -0.3 is 15.3 Å². The molecule has 0 amide bonds. The average molecular weight is 480 g/mol. The molecule has 0 saturated carbocycles. The van der Waals surface area contributed by atoms with E-state index in [0.29, 0.717) is 22.9 Å². The van der Waals surface area contributed by atoms with E-state index in [1.165, 1.54) is 6.07 Å². The zero-order chi connectivity index (χ0) is 22.6. The Balaban J connectivity index is 0.000000339. The summed E-state index contributed by atoms with van der Waals surface area (Å²) in [7, 11) is 0. The van der Waals surface area contributed by atoms with Gasteiger partial charge in [-0.2, -0.15) is 13.2 Å². The lowest BCUT2D eigenvalue weighted by Crippen LogP contribution is -2.26. The van der Waals surface area contributed by atoms with Crippen molar-refractivity contribution in [3.63, 3.8) is 0 Å². The summed E-state index contributed by atoms with van der Waals surface area (Å²) in [5.41, 5.74) is 1.96. The largest absolute Gasteiger partial charge is 0.490 e. The molecule has 1 aromatic heterocycles. The molecule has 0 aliphatic carbocycles. The highest BCUT2D eigenvalue weighted by molar-refractivity contribution is 7.10. The number of aliphatic carboxylic acids is 1. The normalized spacial score (nSPS) is 19.3. The van der Waals surface area contributed by atoms with Gasteiger partial charge in [0.1, 0.15) is 11.5 Å². The predicted octanol–water partition coefficient (Wildman–Crippen LogP) is 4.90. The molecule has 12 heteroatoms. The van der Waals surface area contributed by atoms with Crippen LogP contribution in [0.25, 0.3) is 0 Å². The molecule has 0 radical (unpaired) electrons. The summed E-state index contributed by atoms with van der Waals surface area (Å²) >= 11 is 7.79. The van der Waals surface area contributed by atoms with Crippen LogP contribution in [0.5, 0.6) is 0 Å². The molecule has 6 nitrogen and oxygen atoms in total. The number of nitrogens with one attached hydrogen (secondary N) is 1. The minimum Gasteiger partial charge on any atom is -0.475 e. The number of halogens is 5. The van der Waals surface area contributed by atoms with Crippen LogP contribution in [0.1, 0.15) is 47.5 Å². The van der Waals surface area contributed by atoms with Crippen LogP contribution < -0.4 is 5.32 Å². The van der Waals surface area contributed by atoms with E-state index in [2.05, 4.69) is 10.5 Å². The van der Waals surface area contributed by atoms with Gasteiger partial charge in [0.25, 0.3) is 0 Å². The first-order valence-electron chi connectivity index (χ1n) is 9.30. The SMILES string of the molecule is Fc1cccc(Cl)c1C1CC(c2csc(C3CCNCC3)n2)=NO1.O=C(O)C(F)(F)F. The highest BCUT2D eigenvalue weighted by Crippen LogP contribution is 2.36. The highest BCUT2D eigenvalue weighted by atomic mass is 35.5. The Labute approximate surface area is 183 Å². The molecule has 1 unspecified atom stereocenters. The summed E-state index contributed by atoms with van der Waals surface area (Å²) in [6.45, 7) is 2.08. The van der Waals surface area contributed by atoms with Gasteiger partial charge >= 0.3 is 12.1 Å². The first-order valence-corrected chi connectivity index (χ1v) is 10.6. The van der Waals surface area contributed by atoms with Crippen LogP contribution in [0.4, 0.5) is 17.6 Å². The standard InChI is InChI=1S/C17H17ClFN3OS.C2HF3O2/c18-11-2-1-3-12(19)16(11)15-8-13(22-23-15)14-9-24-17(21-14)10-4-6-20-7-5-10;3-2(4,5)1(6)7/h1-3,9-10,15,20H,4-8H2;(H,6,7). The highest BCUT2D eigenvalue weighted by Gasteiger charge is 2.38. The van der Waals surface area contributed by atoms with Crippen molar-refractivity contribution in [2.45, 2.75) is 37.5 Å². The number of oxime groups is 1. The Hall–Kier alpha value is -2.24. The average Bonchev–Trinajstić information content (AvgIpc) is 3.38. The number of hydrogen-bond acceptors (Lipinski definition) is 6. The lowest BCUT2D eigenvalue weighted by atomic mass is 9.99. The summed E-state index contributed by atoms with van der Waals surface area (Å²) in [5, 5.41) is 18.2. The molecule has 3 heterocycles. The van der Waals surface area contributed by atoms with Crippen molar-refractivity contribution in [1.29, 1.82) is 0 Å². The van der Waals surface area contributed by atoms with Crippen molar-refractivity contribution in [2.75, 3.05) is 13.1 Å². The zero-order valence-electron chi connectivity index (χ0n) is 16.0. The minimum atomic E-state index is -5.08. The van der Waals surface area contributed by atoms with Gasteiger partial charge in [-0.1, -0.05) is 22.8 Å². The van der Waals surface area contributed by atoms with Crippen LogP contribution in [0.3, 0.4) is 0 Å². The number of nitrogens with zero attached hydrogens (tertiary/aromatic N) is 2. The second-order valence-corrected chi connectivity index (χ2v) is 8.17. The molecule has 4 rings (SSSR count). The first kappa shape index (κ1) is 23.4. The van der Waals surface area contributed by atoms with Crippen molar-refractivity contribution in [3.05, 3.63) is 50.7 Å². The molecule has 0 bridgehead atoms. The fourth-order valence-corrected chi connectivity index (χ4v) is 4.46. The van der Waals surface area contributed by atoms with Crippen molar-refractivity contribution >= 4 is 34.6 Å². The summed E-state index contributed by atoms with van der Waals surface area (Å²) in [6, 6.07) is 4.64. The summed E-state index contributed by atoms with van der Waals surface area (Å²) in [6.07, 6.45) is -2.86. The molecular weight excluding hydrogens is 462 g/mol. The zero-order valence-corrected chi connectivity index (χ0v) is 17.5. The number of benzene rings is 1.